The maximum Gasteiger partial charge on any atom is 0.245 e. The Balaban J connectivity index is 2.51. The van der Waals surface area contributed by atoms with E-state index in [4.69, 9.17) is 5.73 Å². The molecule has 0 fully saturated rings. The minimum absolute atomic E-state index is 0.0633. The Morgan fingerprint density at radius 1 is 1.40 bits per heavy atom. The summed E-state index contributed by atoms with van der Waals surface area (Å²) in [6.45, 7) is 3.10. The van der Waals surface area contributed by atoms with E-state index >= 15 is 0 Å². The van der Waals surface area contributed by atoms with Crippen LogP contribution in [0.5, 0.6) is 0 Å². The molecule has 0 radical (unpaired) electrons. The summed E-state index contributed by atoms with van der Waals surface area (Å²) in [5, 5.41) is 4.01. The lowest BCUT2D eigenvalue weighted by molar-refractivity contribution is 0.574. The van der Waals surface area contributed by atoms with Crippen molar-refractivity contribution in [1.82, 2.24) is 14.5 Å². The first-order valence-electron chi connectivity index (χ1n) is 6.82. The van der Waals surface area contributed by atoms with Gasteiger partial charge in [-0.1, -0.05) is 13.3 Å². The smallest absolute Gasteiger partial charge is 0.245 e. The topological polar surface area (TPSA) is 90.0 Å². The SMILES string of the molecule is CCCn1cc(S(=O)(=O)NCCCCCSC)c(N)n1. The second-order valence-corrected chi connectivity index (χ2v) is 7.31. The highest BCUT2D eigenvalue weighted by Gasteiger charge is 2.20. The average Bonchev–Trinajstić information content (AvgIpc) is 2.76. The van der Waals surface area contributed by atoms with E-state index in [-0.39, 0.29) is 10.7 Å². The van der Waals surface area contributed by atoms with Gasteiger partial charge >= 0.3 is 0 Å². The molecule has 0 atom stereocenters. The van der Waals surface area contributed by atoms with Crippen LogP contribution in [0, 0.1) is 0 Å². The molecule has 0 aromatic carbocycles. The zero-order valence-electron chi connectivity index (χ0n) is 12.1. The van der Waals surface area contributed by atoms with Gasteiger partial charge in [0.2, 0.25) is 10.0 Å². The van der Waals surface area contributed by atoms with Gasteiger partial charge in [0.25, 0.3) is 0 Å². The molecule has 3 N–H and O–H groups in total. The molecule has 0 aliphatic carbocycles. The van der Waals surface area contributed by atoms with Gasteiger partial charge in [-0.05, 0) is 31.3 Å². The van der Waals surface area contributed by atoms with Crippen LogP contribution >= 0.6 is 11.8 Å². The van der Waals surface area contributed by atoms with E-state index in [1.165, 1.54) is 6.20 Å². The van der Waals surface area contributed by atoms with Crippen molar-refractivity contribution in [1.29, 1.82) is 0 Å². The standard InChI is InChI=1S/C12H24N4O2S2/c1-3-8-16-10-11(12(13)15-16)20(17,18)14-7-5-4-6-9-19-2/h10,14H,3-9H2,1-2H3,(H2,13,15). The summed E-state index contributed by atoms with van der Waals surface area (Å²) in [6.07, 6.45) is 7.41. The lowest BCUT2D eigenvalue weighted by atomic mass is 10.2. The third kappa shape index (κ3) is 5.34. The monoisotopic (exact) mass is 320 g/mol. The molecule has 6 nitrogen and oxygen atoms in total. The molecule has 1 rings (SSSR count). The van der Waals surface area contributed by atoms with Gasteiger partial charge in [0, 0.05) is 19.3 Å². The number of sulfonamides is 1. The summed E-state index contributed by atoms with van der Waals surface area (Å²) >= 11 is 1.81. The van der Waals surface area contributed by atoms with Crippen LogP contribution in [0.2, 0.25) is 0 Å². The minimum Gasteiger partial charge on any atom is -0.381 e. The summed E-state index contributed by atoms with van der Waals surface area (Å²) < 4.78 is 28.4. The lowest BCUT2D eigenvalue weighted by Gasteiger charge is -2.05. The van der Waals surface area contributed by atoms with Gasteiger partial charge in [0.15, 0.2) is 5.82 Å². The van der Waals surface area contributed by atoms with Gasteiger partial charge in [0.05, 0.1) is 0 Å². The van der Waals surface area contributed by atoms with Crippen molar-refractivity contribution in [3.8, 4) is 0 Å². The minimum atomic E-state index is -3.54. The number of hydrogen-bond donors (Lipinski definition) is 2. The molecule has 116 valence electrons. The summed E-state index contributed by atoms with van der Waals surface area (Å²) in [7, 11) is -3.54. The second-order valence-electron chi connectivity index (χ2n) is 4.59. The number of nitrogens with zero attached hydrogens (tertiary/aromatic N) is 2. The predicted molar refractivity (Wildman–Crippen MR) is 84.4 cm³/mol. The van der Waals surface area contributed by atoms with Gasteiger partial charge < -0.3 is 5.73 Å². The molecular weight excluding hydrogens is 296 g/mol. The molecule has 8 heteroatoms. The number of aryl methyl sites for hydroxylation is 1. The summed E-state index contributed by atoms with van der Waals surface area (Å²) in [6, 6.07) is 0. The number of nitrogens with one attached hydrogen (secondary N) is 1. The Labute approximate surface area is 125 Å². The number of thioether (sulfide) groups is 1. The molecule has 0 saturated carbocycles. The molecule has 0 saturated heterocycles. The lowest BCUT2D eigenvalue weighted by Crippen LogP contribution is -2.25. The third-order valence-corrected chi connectivity index (χ3v) is 4.99. The van der Waals surface area contributed by atoms with Crippen molar-refractivity contribution in [2.45, 2.75) is 44.0 Å². The van der Waals surface area contributed by atoms with Crippen LogP contribution in [0.15, 0.2) is 11.1 Å². The second kappa shape index (κ2) is 8.53. The molecule has 0 amide bonds. The highest BCUT2D eigenvalue weighted by Crippen LogP contribution is 2.16. The van der Waals surface area contributed by atoms with E-state index in [0.29, 0.717) is 13.1 Å². The van der Waals surface area contributed by atoms with E-state index in [0.717, 1.165) is 31.4 Å². The molecule has 1 aromatic rings. The molecule has 0 spiro atoms. The van der Waals surface area contributed by atoms with Gasteiger partial charge in [-0.25, -0.2) is 13.1 Å². The van der Waals surface area contributed by atoms with Crippen LogP contribution in [0.25, 0.3) is 0 Å². The van der Waals surface area contributed by atoms with Crippen molar-refractivity contribution < 1.29 is 8.42 Å². The van der Waals surface area contributed by atoms with Crippen LogP contribution in [-0.4, -0.2) is 36.8 Å². The Hall–Kier alpha value is -0.730. The zero-order valence-corrected chi connectivity index (χ0v) is 13.8. The quantitative estimate of drug-likeness (QED) is 0.640. The number of rotatable bonds is 10. The van der Waals surface area contributed by atoms with Gasteiger partial charge in [-0.2, -0.15) is 16.9 Å². The molecule has 0 unspecified atom stereocenters. The molecular formula is C12H24N4O2S2. The highest BCUT2D eigenvalue weighted by molar-refractivity contribution is 7.98. The maximum absolute atomic E-state index is 12.1. The van der Waals surface area contributed by atoms with E-state index in [1.54, 1.807) is 16.4 Å². The first-order valence-corrected chi connectivity index (χ1v) is 9.70. The fourth-order valence-electron chi connectivity index (χ4n) is 1.80. The number of nitrogen functional groups attached to an aromatic ring is 1. The Morgan fingerprint density at radius 3 is 2.80 bits per heavy atom. The Morgan fingerprint density at radius 2 is 2.15 bits per heavy atom. The number of aromatic nitrogens is 2. The van der Waals surface area contributed by atoms with Crippen LogP contribution in [0.4, 0.5) is 5.82 Å². The van der Waals surface area contributed by atoms with Gasteiger partial charge in [-0.15, -0.1) is 0 Å². The third-order valence-electron chi connectivity index (χ3n) is 2.81. The first-order chi connectivity index (χ1) is 9.51. The van der Waals surface area contributed by atoms with Crippen molar-refractivity contribution in [2.24, 2.45) is 0 Å². The van der Waals surface area contributed by atoms with E-state index in [9.17, 15) is 8.42 Å². The normalized spacial score (nSPS) is 11.9. The summed E-state index contributed by atoms with van der Waals surface area (Å²) in [5.41, 5.74) is 5.67. The van der Waals surface area contributed by atoms with E-state index < -0.39 is 10.0 Å². The van der Waals surface area contributed by atoms with Gasteiger partial charge in [0.1, 0.15) is 4.90 Å². The molecule has 0 aliphatic heterocycles. The highest BCUT2D eigenvalue weighted by atomic mass is 32.2. The predicted octanol–water partition coefficient (Wildman–Crippen LogP) is 1.69. The van der Waals surface area contributed by atoms with E-state index in [1.807, 2.05) is 6.92 Å². The van der Waals surface area contributed by atoms with Crippen molar-refractivity contribution >= 4 is 27.6 Å². The van der Waals surface area contributed by atoms with Gasteiger partial charge in [-0.3, -0.25) is 4.68 Å². The summed E-state index contributed by atoms with van der Waals surface area (Å²) in [4.78, 5) is 0.0788. The largest absolute Gasteiger partial charge is 0.381 e. The van der Waals surface area contributed by atoms with Crippen LogP contribution in [-0.2, 0) is 16.6 Å². The molecule has 0 aliphatic rings. The number of anilines is 1. The van der Waals surface area contributed by atoms with Crippen LogP contribution in [0.1, 0.15) is 32.6 Å². The number of unbranched alkanes of at least 4 members (excludes halogenated alkanes) is 2. The van der Waals surface area contributed by atoms with Crippen LogP contribution < -0.4 is 10.5 Å². The Kier molecular flexibility index (Phi) is 7.39. The summed E-state index contributed by atoms with van der Waals surface area (Å²) in [5.74, 6) is 1.18. The average molecular weight is 320 g/mol. The Bertz CT molecular complexity index is 500. The van der Waals surface area contributed by atoms with Crippen molar-refractivity contribution in [2.75, 3.05) is 24.3 Å². The fraction of sp³-hybridized carbons (Fsp3) is 0.750. The fourth-order valence-corrected chi connectivity index (χ4v) is 3.44. The van der Waals surface area contributed by atoms with Crippen molar-refractivity contribution in [3.63, 3.8) is 0 Å². The first kappa shape index (κ1) is 17.3. The number of nitrogens with two attached hydrogens (primary N) is 1. The van der Waals surface area contributed by atoms with E-state index in [2.05, 4.69) is 16.1 Å². The molecule has 1 aromatic heterocycles. The molecule has 20 heavy (non-hydrogen) atoms. The van der Waals surface area contributed by atoms with Crippen LogP contribution in [0.3, 0.4) is 0 Å². The van der Waals surface area contributed by atoms with Crippen molar-refractivity contribution in [3.05, 3.63) is 6.20 Å². The molecule has 1 heterocycles. The zero-order chi connectivity index (χ0) is 15.0. The molecule has 0 bridgehead atoms. The maximum atomic E-state index is 12.1. The number of hydrogen-bond acceptors (Lipinski definition) is 5.